The van der Waals surface area contributed by atoms with Gasteiger partial charge in [0.25, 0.3) is 0 Å². The average molecular weight is 247 g/mol. The number of carbonyl (C=O) groups excluding carboxylic acids is 1. The van der Waals surface area contributed by atoms with Crippen molar-refractivity contribution in [2.24, 2.45) is 0 Å². The van der Waals surface area contributed by atoms with Gasteiger partial charge in [-0.15, -0.1) is 11.3 Å². The van der Waals surface area contributed by atoms with Crippen LogP contribution >= 0.6 is 11.3 Å². The summed E-state index contributed by atoms with van der Waals surface area (Å²) in [5, 5.41) is 5.71. The lowest BCUT2D eigenvalue weighted by atomic mass is 10.3. The van der Waals surface area contributed by atoms with Gasteiger partial charge >= 0.3 is 0 Å². The van der Waals surface area contributed by atoms with Crippen LogP contribution in [0.15, 0.2) is 23.7 Å². The van der Waals surface area contributed by atoms with Crippen molar-refractivity contribution >= 4 is 22.9 Å². The molecule has 0 spiro atoms. The molecular weight excluding hydrogens is 234 g/mol. The number of anilines is 1. The van der Waals surface area contributed by atoms with Gasteiger partial charge in [0.1, 0.15) is 0 Å². The van der Waals surface area contributed by atoms with Crippen LogP contribution in [0.3, 0.4) is 0 Å². The van der Waals surface area contributed by atoms with E-state index in [1.54, 1.807) is 23.6 Å². The van der Waals surface area contributed by atoms with Crippen LogP contribution in [0.5, 0.6) is 0 Å². The first-order valence-electron chi connectivity index (χ1n) is 5.27. The predicted molar refractivity (Wildman–Crippen MR) is 68.2 cm³/mol. The third-order valence-corrected chi connectivity index (χ3v) is 3.01. The Labute approximate surface area is 104 Å². The molecule has 2 rings (SSSR count). The first-order valence-corrected chi connectivity index (χ1v) is 6.15. The Morgan fingerprint density at radius 2 is 2.29 bits per heavy atom. The summed E-state index contributed by atoms with van der Waals surface area (Å²) in [5.41, 5.74) is 2.47. The van der Waals surface area contributed by atoms with E-state index in [-0.39, 0.29) is 5.91 Å². The van der Waals surface area contributed by atoms with Gasteiger partial charge in [-0.1, -0.05) is 0 Å². The molecule has 2 aromatic heterocycles. The van der Waals surface area contributed by atoms with Gasteiger partial charge in [0, 0.05) is 23.0 Å². The molecular formula is C12H13N3OS. The van der Waals surface area contributed by atoms with Gasteiger partial charge < -0.3 is 5.32 Å². The van der Waals surface area contributed by atoms with Gasteiger partial charge in [0.05, 0.1) is 17.1 Å². The maximum absolute atomic E-state index is 11.7. The van der Waals surface area contributed by atoms with Crippen LogP contribution < -0.4 is 5.32 Å². The Bertz CT molecular complexity index is 536. The van der Waals surface area contributed by atoms with Crippen molar-refractivity contribution in [1.29, 1.82) is 0 Å². The number of hydrogen-bond donors (Lipinski definition) is 1. The van der Waals surface area contributed by atoms with Crippen molar-refractivity contribution < 1.29 is 4.79 Å². The molecule has 0 saturated carbocycles. The van der Waals surface area contributed by atoms with Crippen molar-refractivity contribution in [2.75, 3.05) is 5.32 Å². The lowest BCUT2D eigenvalue weighted by molar-refractivity contribution is -0.115. The molecule has 0 fully saturated rings. The van der Waals surface area contributed by atoms with E-state index in [9.17, 15) is 4.79 Å². The quantitative estimate of drug-likeness (QED) is 0.905. The van der Waals surface area contributed by atoms with Crippen LogP contribution in [0.1, 0.15) is 16.4 Å². The second-order valence-corrected chi connectivity index (χ2v) is 4.83. The number of thiazole rings is 1. The van der Waals surface area contributed by atoms with Gasteiger partial charge in [0.15, 0.2) is 0 Å². The van der Waals surface area contributed by atoms with Crippen LogP contribution in [0.4, 0.5) is 5.69 Å². The number of aryl methyl sites for hydroxylation is 2. The van der Waals surface area contributed by atoms with E-state index < -0.39 is 0 Å². The fraction of sp³-hybridized carbons (Fsp3) is 0.250. The third kappa shape index (κ3) is 3.35. The monoisotopic (exact) mass is 247 g/mol. The Morgan fingerprint density at radius 3 is 2.94 bits per heavy atom. The van der Waals surface area contributed by atoms with Gasteiger partial charge in [0.2, 0.25) is 5.91 Å². The highest BCUT2D eigenvalue weighted by Crippen LogP contribution is 2.11. The first kappa shape index (κ1) is 11.7. The zero-order valence-corrected chi connectivity index (χ0v) is 10.5. The Hall–Kier alpha value is -1.75. The molecule has 0 aliphatic carbocycles. The Morgan fingerprint density at radius 1 is 1.47 bits per heavy atom. The van der Waals surface area contributed by atoms with Crippen molar-refractivity contribution in [3.8, 4) is 0 Å². The molecule has 0 unspecified atom stereocenters. The minimum absolute atomic E-state index is 0.0547. The number of nitrogens with one attached hydrogen (secondary N) is 1. The molecule has 1 amide bonds. The summed E-state index contributed by atoms with van der Waals surface area (Å²) >= 11 is 1.55. The number of amides is 1. The number of aromatic nitrogens is 2. The molecule has 0 radical (unpaired) electrons. The molecule has 2 heterocycles. The van der Waals surface area contributed by atoms with Gasteiger partial charge in [-0.3, -0.25) is 9.78 Å². The summed E-state index contributed by atoms with van der Waals surface area (Å²) < 4.78 is 0. The molecule has 88 valence electrons. The van der Waals surface area contributed by atoms with E-state index in [1.807, 2.05) is 25.3 Å². The van der Waals surface area contributed by atoms with Crippen molar-refractivity contribution in [3.63, 3.8) is 0 Å². The molecule has 5 heteroatoms. The summed E-state index contributed by atoms with van der Waals surface area (Å²) in [7, 11) is 0. The van der Waals surface area contributed by atoms with E-state index in [4.69, 9.17) is 0 Å². The van der Waals surface area contributed by atoms with Crippen LogP contribution in [-0.2, 0) is 11.2 Å². The molecule has 4 nitrogen and oxygen atoms in total. The predicted octanol–water partition coefficient (Wildman–Crippen LogP) is 2.34. The van der Waals surface area contributed by atoms with E-state index >= 15 is 0 Å². The van der Waals surface area contributed by atoms with E-state index in [2.05, 4.69) is 15.3 Å². The fourth-order valence-corrected chi connectivity index (χ4v) is 2.10. The second-order valence-electron chi connectivity index (χ2n) is 3.77. The molecule has 1 N–H and O–H groups in total. The first-order chi connectivity index (χ1) is 8.13. The zero-order chi connectivity index (χ0) is 12.3. The lowest BCUT2D eigenvalue weighted by Gasteiger charge is -2.04. The highest BCUT2D eigenvalue weighted by atomic mass is 32.1. The summed E-state index contributed by atoms with van der Waals surface area (Å²) in [5.74, 6) is -0.0547. The summed E-state index contributed by atoms with van der Waals surface area (Å²) in [4.78, 5) is 20.1. The minimum Gasteiger partial charge on any atom is -0.326 e. The van der Waals surface area contributed by atoms with E-state index in [0.717, 1.165) is 22.1 Å². The summed E-state index contributed by atoms with van der Waals surface area (Å²) in [6.45, 7) is 3.82. The van der Waals surface area contributed by atoms with Gasteiger partial charge in [-0.25, -0.2) is 4.98 Å². The maximum atomic E-state index is 11.7. The van der Waals surface area contributed by atoms with Crippen LogP contribution in [-0.4, -0.2) is 15.9 Å². The van der Waals surface area contributed by atoms with Crippen LogP contribution in [0.2, 0.25) is 0 Å². The van der Waals surface area contributed by atoms with E-state index in [1.165, 1.54) is 0 Å². The average Bonchev–Trinajstić information content (AvgIpc) is 2.63. The highest BCUT2D eigenvalue weighted by molar-refractivity contribution is 7.09. The Balaban J connectivity index is 1.98. The highest BCUT2D eigenvalue weighted by Gasteiger charge is 2.06. The standard InChI is InChI=1S/C12H13N3OS/c1-8-5-10(3-4-13-8)15-12(16)6-11-7-17-9(2)14-11/h3-5,7H,6H2,1-2H3,(H,13,15,16). The SMILES string of the molecule is Cc1cc(NC(=O)Cc2csc(C)n2)ccn1. The molecule has 2 aromatic rings. The van der Waals surface area contributed by atoms with Crippen LogP contribution in [0.25, 0.3) is 0 Å². The van der Waals surface area contributed by atoms with Crippen molar-refractivity contribution in [3.05, 3.63) is 40.1 Å². The molecule has 17 heavy (non-hydrogen) atoms. The number of rotatable bonds is 3. The zero-order valence-electron chi connectivity index (χ0n) is 9.73. The van der Waals surface area contributed by atoms with Crippen LogP contribution in [0, 0.1) is 13.8 Å². The van der Waals surface area contributed by atoms with Crippen molar-refractivity contribution in [1.82, 2.24) is 9.97 Å². The lowest BCUT2D eigenvalue weighted by Crippen LogP contribution is -2.14. The third-order valence-electron chi connectivity index (χ3n) is 2.19. The smallest absolute Gasteiger partial charge is 0.230 e. The molecule has 0 bridgehead atoms. The van der Waals surface area contributed by atoms with Gasteiger partial charge in [-0.2, -0.15) is 0 Å². The Kier molecular flexibility index (Phi) is 3.49. The molecule has 0 aliphatic heterocycles. The molecule has 0 aliphatic rings. The molecule has 0 atom stereocenters. The number of hydrogen-bond acceptors (Lipinski definition) is 4. The number of carbonyl (C=O) groups is 1. The number of pyridine rings is 1. The maximum Gasteiger partial charge on any atom is 0.230 e. The van der Waals surface area contributed by atoms with Crippen molar-refractivity contribution in [2.45, 2.75) is 20.3 Å². The summed E-state index contributed by atoms with van der Waals surface area (Å²) in [6.07, 6.45) is 1.99. The van der Waals surface area contributed by atoms with E-state index in [0.29, 0.717) is 6.42 Å². The normalized spacial score (nSPS) is 10.2. The second kappa shape index (κ2) is 5.05. The molecule has 0 saturated heterocycles. The topological polar surface area (TPSA) is 54.9 Å². The summed E-state index contributed by atoms with van der Waals surface area (Å²) in [6, 6.07) is 3.61. The largest absolute Gasteiger partial charge is 0.326 e. The minimum atomic E-state index is -0.0547. The van der Waals surface area contributed by atoms with Gasteiger partial charge in [-0.05, 0) is 26.0 Å². The molecule has 0 aromatic carbocycles. The number of nitrogens with zero attached hydrogens (tertiary/aromatic N) is 2. The fourth-order valence-electron chi connectivity index (χ4n) is 1.48.